The predicted molar refractivity (Wildman–Crippen MR) is 315 cm³/mol. The van der Waals surface area contributed by atoms with Crippen LogP contribution < -0.4 is 0 Å². The van der Waals surface area contributed by atoms with Crippen LogP contribution in [0.3, 0.4) is 0 Å². The van der Waals surface area contributed by atoms with Gasteiger partial charge in [-0.2, -0.15) is 0 Å². The zero-order valence-corrected chi connectivity index (χ0v) is 47.0. The van der Waals surface area contributed by atoms with E-state index in [2.05, 4.69) is 154 Å². The summed E-state index contributed by atoms with van der Waals surface area (Å²) >= 11 is 0. The maximum atomic E-state index is 12.9. The molecule has 0 rings (SSSR count). The molecule has 3 atom stereocenters. The van der Waals surface area contributed by atoms with E-state index in [1.54, 1.807) is 12.2 Å². The largest absolute Gasteiger partial charge is 0.472 e. The molecule has 0 aliphatic carbocycles. The maximum Gasteiger partial charge on any atom is 0.472 e. The summed E-state index contributed by atoms with van der Waals surface area (Å²) in [4.78, 5) is 48.3. The van der Waals surface area contributed by atoms with Crippen LogP contribution in [0.2, 0.25) is 0 Å². The molecule has 0 aromatic carbocycles. The van der Waals surface area contributed by atoms with Crippen LogP contribution >= 0.6 is 7.82 Å². The van der Waals surface area contributed by atoms with Crippen molar-refractivity contribution in [1.82, 2.24) is 0 Å². The molecular weight excluding hydrogens is 976 g/mol. The molecule has 0 saturated heterocycles. The average Bonchev–Trinajstić information content (AvgIpc) is 3.41. The monoisotopic (exact) mass is 1070 g/mol. The fourth-order valence-electron chi connectivity index (χ4n) is 6.06. The van der Waals surface area contributed by atoms with E-state index < -0.39 is 64.4 Å². The number of carbonyl (C=O) groups excluding carboxylic acids is 3. The first-order chi connectivity index (χ1) is 37.2. The summed E-state index contributed by atoms with van der Waals surface area (Å²) in [6, 6.07) is 0. The first-order valence-electron chi connectivity index (χ1n) is 27.3. The molecule has 420 valence electrons. The van der Waals surface area contributed by atoms with Gasteiger partial charge in [0.1, 0.15) is 12.7 Å². The summed E-state index contributed by atoms with van der Waals surface area (Å²) < 4.78 is 39.1. The van der Waals surface area contributed by atoms with Crippen molar-refractivity contribution >= 4 is 25.7 Å². The number of ether oxygens (including phenoxy) is 3. The Morgan fingerprint density at radius 3 is 0.934 bits per heavy atom. The van der Waals surface area contributed by atoms with Crippen LogP contribution in [0.4, 0.5) is 0 Å². The second-order valence-corrected chi connectivity index (χ2v) is 18.4. The van der Waals surface area contributed by atoms with E-state index in [4.69, 9.17) is 23.3 Å². The second kappa shape index (κ2) is 55.5. The number of phosphoric ester groups is 1. The molecule has 0 amide bonds. The zero-order valence-electron chi connectivity index (χ0n) is 46.1. The van der Waals surface area contributed by atoms with Gasteiger partial charge in [-0.05, 0) is 109 Å². The molecule has 0 spiro atoms. The minimum Gasteiger partial charge on any atom is -0.462 e. The molecule has 0 aromatic heterocycles. The minimum absolute atomic E-state index is 0.0632. The Bertz CT molecular complexity index is 2020. The Labute approximate surface area is 458 Å². The van der Waals surface area contributed by atoms with Gasteiger partial charge < -0.3 is 24.2 Å². The number of aliphatic hydroxyl groups excluding tert-OH is 1. The van der Waals surface area contributed by atoms with Gasteiger partial charge >= 0.3 is 25.7 Å². The lowest BCUT2D eigenvalue weighted by atomic mass is 10.2. The molecule has 0 bridgehead atoms. The fraction of sp³-hybridized carbons (Fsp3) is 0.453. The van der Waals surface area contributed by atoms with Crippen molar-refractivity contribution in [1.29, 1.82) is 0 Å². The van der Waals surface area contributed by atoms with Gasteiger partial charge in [-0.25, -0.2) is 4.57 Å². The van der Waals surface area contributed by atoms with Crippen LogP contribution in [0.25, 0.3) is 0 Å². The minimum atomic E-state index is -4.83. The molecule has 12 heteroatoms. The van der Waals surface area contributed by atoms with Gasteiger partial charge in [0.25, 0.3) is 0 Å². The molecule has 0 aromatic rings. The fourth-order valence-corrected chi connectivity index (χ4v) is 6.84. The van der Waals surface area contributed by atoms with Gasteiger partial charge in [0.15, 0.2) is 6.10 Å². The van der Waals surface area contributed by atoms with E-state index in [-0.39, 0.29) is 19.3 Å². The van der Waals surface area contributed by atoms with E-state index in [1.165, 1.54) is 0 Å². The lowest BCUT2D eigenvalue weighted by Gasteiger charge is -2.21. The van der Waals surface area contributed by atoms with Gasteiger partial charge in [0, 0.05) is 6.42 Å². The summed E-state index contributed by atoms with van der Waals surface area (Å²) in [5.41, 5.74) is 0. The van der Waals surface area contributed by atoms with E-state index in [1.807, 2.05) is 48.6 Å². The topological polar surface area (TPSA) is 155 Å². The van der Waals surface area contributed by atoms with Crippen molar-refractivity contribution in [2.75, 3.05) is 26.4 Å². The highest BCUT2D eigenvalue weighted by Gasteiger charge is 2.28. The third-order valence-corrected chi connectivity index (χ3v) is 11.0. The van der Waals surface area contributed by atoms with Crippen LogP contribution in [-0.4, -0.2) is 66.5 Å². The van der Waals surface area contributed by atoms with E-state index in [9.17, 15) is 28.9 Å². The van der Waals surface area contributed by atoms with Gasteiger partial charge in [-0.15, -0.1) is 0 Å². The molecule has 0 radical (unpaired) electrons. The summed E-state index contributed by atoms with van der Waals surface area (Å²) in [6.45, 7) is 3.94. The number of rotatable bonds is 47. The molecule has 0 fully saturated rings. The van der Waals surface area contributed by atoms with Crippen molar-refractivity contribution < 1.29 is 52.2 Å². The molecule has 0 heterocycles. The van der Waals surface area contributed by atoms with E-state index in [0.717, 1.165) is 83.5 Å². The van der Waals surface area contributed by atoms with Crippen molar-refractivity contribution in [3.63, 3.8) is 0 Å². The molecular formula is C64H93O11P. The summed E-state index contributed by atoms with van der Waals surface area (Å²) in [6.07, 6.45) is 77.6. The number of carbonyl (C=O) groups is 3. The molecule has 11 nitrogen and oxygen atoms in total. The van der Waals surface area contributed by atoms with Crippen LogP contribution in [0.5, 0.6) is 0 Å². The molecule has 0 saturated carbocycles. The van der Waals surface area contributed by atoms with Crippen molar-refractivity contribution in [3.05, 3.63) is 194 Å². The summed E-state index contributed by atoms with van der Waals surface area (Å²) in [5, 5.41) is 9.78. The average molecular weight is 1070 g/mol. The predicted octanol–water partition coefficient (Wildman–Crippen LogP) is 16.2. The Balaban J connectivity index is 5.06. The third-order valence-electron chi connectivity index (χ3n) is 10.1. The highest BCUT2D eigenvalue weighted by Crippen LogP contribution is 2.43. The van der Waals surface area contributed by atoms with E-state index >= 15 is 0 Å². The molecule has 76 heavy (non-hydrogen) atoms. The molecule has 3 unspecified atom stereocenters. The quantitative estimate of drug-likeness (QED) is 0.0259. The Morgan fingerprint density at radius 2 is 0.632 bits per heavy atom. The zero-order chi connectivity index (χ0) is 55.5. The second-order valence-electron chi connectivity index (χ2n) is 16.9. The number of allylic oxidation sites excluding steroid dienone is 30. The first-order valence-corrected chi connectivity index (χ1v) is 28.8. The lowest BCUT2D eigenvalue weighted by Crippen LogP contribution is -2.30. The SMILES string of the molecule is CC/C=C\C/C=C\C/C=C\C/C=C\C/C=C\C/C=C\CCC(=O)OCC(COP(=O)(O)OCC(CO)OC(=O)C/C=C\C/C=C\C/C=C\C/C=C\C/C=C\CC)OC(=O)C/C=C\C/C=C\C/C=C\C/C=C\C/C=C\CC. The van der Waals surface area contributed by atoms with Crippen molar-refractivity contribution in [2.45, 2.75) is 161 Å². The molecule has 2 N–H and O–H groups in total. The Morgan fingerprint density at radius 1 is 0.368 bits per heavy atom. The normalized spacial score (nSPS) is 14.9. The Kier molecular flexibility index (Phi) is 51.4. The number of hydrogen-bond donors (Lipinski definition) is 2. The van der Waals surface area contributed by atoms with Crippen molar-refractivity contribution in [2.24, 2.45) is 0 Å². The number of esters is 3. The van der Waals surface area contributed by atoms with E-state index in [0.29, 0.717) is 25.7 Å². The molecule has 0 aliphatic rings. The van der Waals surface area contributed by atoms with Gasteiger partial charge in [0.05, 0.1) is 32.7 Å². The number of aliphatic hydroxyl groups is 1. The van der Waals surface area contributed by atoms with Gasteiger partial charge in [-0.3, -0.25) is 23.4 Å². The maximum absolute atomic E-state index is 12.9. The van der Waals surface area contributed by atoms with Crippen LogP contribution in [0, 0.1) is 0 Å². The standard InChI is InChI=1S/C64H93O11P/c1-4-7-10-13-16-19-22-25-28-29-30-31-34-35-38-41-44-47-50-53-62(66)71-57-61(75-64(68)55-52-49-46-43-40-37-33-27-24-21-18-15-12-9-6-3)59-73-76(69,70)72-58-60(56-65)74-63(67)54-51-48-45-42-39-36-32-26-23-20-17-14-11-8-5-2/h7-12,16-21,25-28,30-33,35,38-40,42-44,47-49,51-52,60-61,65H,4-6,13-15,22-24,29,34,36-37,41,45-46,50,53-59H2,1-3H3,(H,69,70)/b10-7-,11-8-,12-9-,19-16-,20-17-,21-18-,28-25-,31-30-,32-26-,33-27-,38-35-,42-39-,43-40-,47-44-,51-48-,52-49-. The summed E-state index contributed by atoms with van der Waals surface area (Å²) in [5.74, 6) is -1.89. The van der Waals surface area contributed by atoms with Crippen molar-refractivity contribution in [3.8, 4) is 0 Å². The highest BCUT2D eigenvalue weighted by molar-refractivity contribution is 7.47. The van der Waals surface area contributed by atoms with Crippen LogP contribution in [-0.2, 0) is 42.2 Å². The highest BCUT2D eigenvalue weighted by atomic mass is 31.2. The smallest absolute Gasteiger partial charge is 0.462 e. The third kappa shape index (κ3) is 53.2. The van der Waals surface area contributed by atoms with Crippen LogP contribution in [0.15, 0.2) is 194 Å². The summed E-state index contributed by atoms with van der Waals surface area (Å²) in [7, 11) is -4.83. The molecule has 0 aliphatic heterocycles. The van der Waals surface area contributed by atoms with Gasteiger partial charge in [-0.1, -0.05) is 215 Å². The number of phosphoric acid groups is 1. The lowest BCUT2D eigenvalue weighted by molar-refractivity contribution is -0.160. The van der Waals surface area contributed by atoms with Crippen LogP contribution in [0.1, 0.15) is 149 Å². The Hall–Kier alpha value is -5.68. The van der Waals surface area contributed by atoms with Gasteiger partial charge in [0.2, 0.25) is 0 Å². The first kappa shape index (κ1) is 70.3. The number of hydrogen-bond acceptors (Lipinski definition) is 10.